The topological polar surface area (TPSA) is 57.0 Å². The molecule has 0 bridgehead atoms. The molecule has 2 rings (SSSR count). The summed E-state index contributed by atoms with van der Waals surface area (Å²) in [6, 6.07) is 11.7. The summed E-state index contributed by atoms with van der Waals surface area (Å²) >= 11 is 0. The van der Waals surface area contributed by atoms with Crippen molar-refractivity contribution in [1.82, 2.24) is 9.88 Å². The number of fused-ring (bicyclic) bond motifs is 1. The molecular formula is C16H17N3O. The maximum Gasteiger partial charge on any atom is 0.273 e. The molecule has 0 aliphatic rings. The van der Waals surface area contributed by atoms with E-state index in [4.69, 9.17) is 5.26 Å². The highest BCUT2D eigenvalue weighted by molar-refractivity contribution is 6.05. The van der Waals surface area contributed by atoms with Gasteiger partial charge in [-0.1, -0.05) is 24.3 Å². The van der Waals surface area contributed by atoms with Crippen molar-refractivity contribution in [2.45, 2.75) is 13.8 Å². The highest BCUT2D eigenvalue weighted by Gasteiger charge is 2.19. The van der Waals surface area contributed by atoms with Crippen molar-refractivity contribution in [3.63, 3.8) is 0 Å². The number of pyridine rings is 1. The molecule has 0 aliphatic carbocycles. The van der Waals surface area contributed by atoms with E-state index in [0.29, 0.717) is 18.8 Å². The Hall–Kier alpha value is -2.41. The Morgan fingerprint density at radius 1 is 1.40 bits per heavy atom. The number of hydrogen-bond acceptors (Lipinski definition) is 3. The van der Waals surface area contributed by atoms with Gasteiger partial charge in [-0.3, -0.25) is 9.78 Å². The second-order valence-corrected chi connectivity index (χ2v) is 4.75. The maximum atomic E-state index is 12.6. The number of hydrogen-bond donors (Lipinski definition) is 0. The molecule has 1 aromatic heterocycles. The van der Waals surface area contributed by atoms with Crippen LogP contribution in [0.3, 0.4) is 0 Å². The number of benzene rings is 1. The Morgan fingerprint density at radius 2 is 2.15 bits per heavy atom. The van der Waals surface area contributed by atoms with Crippen molar-refractivity contribution >= 4 is 16.7 Å². The summed E-state index contributed by atoms with van der Waals surface area (Å²) in [4.78, 5) is 18.5. The van der Waals surface area contributed by atoms with Gasteiger partial charge in [-0.15, -0.1) is 0 Å². The molecule has 0 N–H and O–H groups in total. The van der Waals surface area contributed by atoms with Crippen molar-refractivity contribution in [2.24, 2.45) is 5.92 Å². The van der Waals surface area contributed by atoms with E-state index < -0.39 is 0 Å². The zero-order valence-corrected chi connectivity index (χ0v) is 11.7. The summed E-state index contributed by atoms with van der Waals surface area (Å²) in [6.45, 7) is 4.71. The maximum absolute atomic E-state index is 12.6. The van der Waals surface area contributed by atoms with Crippen LogP contribution in [0.25, 0.3) is 10.8 Å². The second kappa shape index (κ2) is 6.16. The average molecular weight is 267 g/mol. The molecule has 20 heavy (non-hydrogen) atoms. The molecule has 1 heterocycles. The molecule has 0 saturated heterocycles. The van der Waals surface area contributed by atoms with E-state index in [0.717, 1.165) is 10.8 Å². The Labute approximate surface area is 118 Å². The first-order valence-electron chi connectivity index (χ1n) is 6.70. The van der Waals surface area contributed by atoms with E-state index in [-0.39, 0.29) is 11.8 Å². The molecule has 0 aliphatic heterocycles. The van der Waals surface area contributed by atoms with Gasteiger partial charge in [-0.25, -0.2) is 0 Å². The lowest BCUT2D eigenvalue weighted by Crippen LogP contribution is -2.35. The van der Waals surface area contributed by atoms with Crippen LogP contribution in [0.4, 0.5) is 0 Å². The number of carbonyl (C=O) groups is 1. The summed E-state index contributed by atoms with van der Waals surface area (Å²) in [7, 11) is 0. The summed E-state index contributed by atoms with van der Waals surface area (Å²) < 4.78 is 0. The molecule has 0 saturated carbocycles. The molecule has 1 aromatic carbocycles. The zero-order chi connectivity index (χ0) is 14.5. The first-order valence-corrected chi connectivity index (χ1v) is 6.70. The lowest BCUT2D eigenvalue weighted by molar-refractivity contribution is 0.0749. The zero-order valence-electron chi connectivity index (χ0n) is 11.7. The molecule has 4 nitrogen and oxygen atoms in total. The summed E-state index contributed by atoms with van der Waals surface area (Å²) in [5.41, 5.74) is 0.454. The number of carbonyl (C=O) groups excluding carboxylic acids is 1. The quantitative estimate of drug-likeness (QED) is 0.855. The van der Waals surface area contributed by atoms with Crippen LogP contribution in [0.5, 0.6) is 0 Å². The predicted molar refractivity (Wildman–Crippen MR) is 78.1 cm³/mol. The first kappa shape index (κ1) is 14.0. The van der Waals surface area contributed by atoms with Gasteiger partial charge in [0.25, 0.3) is 5.91 Å². The van der Waals surface area contributed by atoms with Crippen molar-refractivity contribution in [1.29, 1.82) is 5.26 Å². The van der Waals surface area contributed by atoms with E-state index >= 15 is 0 Å². The average Bonchev–Trinajstić information content (AvgIpc) is 2.51. The summed E-state index contributed by atoms with van der Waals surface area (Å²) in [6.07, 6.45) is 1.65. The fourth-order valence-electron chi connectivity index (χ4n) is 2.17. The van der Waals surface area contributed by atoms with E-state index in [2.05, 4.69) is 11.1 Å². The fourth-order valence-corrected chi connectivity index (χ4v) is 2.17. The van der Waals surface area contributed by atoms with Gasteiger partial charge in [-0.05, 0) is 25.3 Å². The minimum atomic E-state index is -0.186. The van der Waals surface area contributed by atoms with Crippen LogP contribution < -0.4 is 0 Å². The number of nitrogens with zero attached hydrogens (tertiary/aromatic N) is 3. The Balaban J connectivity index is 2.37. The largest absolute Gasteiger partial charge is 0.336 e. The molecule has 1 amide bonds. The molecule has 0 spiro atoms. The third kappa shape index (κ3) is 2.77. The van der Waals surface area contributed by atoms with Crippen molar-refractivity contribution in [3.8, 4) is 6.07 Å². The van der Waals surface area contributed by atoms with Crippen molar-refractivity contribution in [2.75, 3.05) is 13.1 Å². The molecule has 1 atom stereocenters. The lowest BCUT2D eigenvalue weighted by Gasteiger charge is -2.22. The van der Waals surface area contributed by atoms with Crippen LogP contribution in [-0.2, 0) is 0 Å². The minimum absolute atomic E-state index is 0.119. The Morgan fingerprint density at radius 3 is 2.85 bits per heavy atom. The van der Waals surface area contributed by atoms with Gasteiger partial charge in [0, 0.05) is 24.7 Å². The molecule has 1 unspecified atom stereocenters. The van der Waals surface area contributed by atoms with Gasteiger partial charge in [0.15, 0.2) is 0 Å². The van der Waals surface area contributed by atoms with E-state index in [1.54, 1.807) is 11.1 Å². The van der Waals surface area contributed by atoms with E-state index in [9.17, 15) is 4.79 Å². The number of rotatable bonds is 4. The second-order valence-electron chi connectivity index (χ2n) is 4.75. The number of aromatic nitrogens is 1. The van der Waals surface area contributed by atoms with Crippen LogP contribution in [0.15, 0.2) is 36.5 Å². The molecule has 0 fully saturated rings. The number of nitriles is 1. The smallest absolute Gasteiger partial charge is 0.273 e. The lowest BCUT2D eigenvalue weighted by atomic mass is 10.1. The summed E-state index contributed by atoms with van der Waals surface area (Å²) in [5.74, 6) is -0.305. The standard InChI is InChI=1S/C16H17N3O/c1-3-19(11-12(2)10-17)16(20)15-14-7-5-4-6-13(14)8-9-18-15/h4-9,12H,3,11H2,1-2H3. The Kier molecular flexibility index (Phi) is 4.31. The van der Waals surface area contributed by atoms with Gasteiger partial charge in [0.05, 0.1) is 12.0 Å². The molecule has 102 valence electrons. The minimum Gasteiger partial charge on any atom is -0.336 e. The van der Waals surface area contributed by atoms with Gasteiger partial charge in [0.1, 0.15) is 5.69 Å². The van der Waals surface area contributed by atoms with Crippen LogP contribution >= 0.6 is 0 Å². The molecular weight excluding hydrogens is 250 g/mol. The summed E-state index contributed by atoms with van der Waals surface area (Å²) in [5, 5.41) is 10.7. The van der Waals surface area contributed by atoms with Gasteiger partial charge in [0.2, 0.25) is 0 Å². The third-order valence-electron chi connectivity index (χ3n) is 3.26. The highest BCUT2D eigenvalue weighted by atomic mass is 16.2. The highest BCUT2D eigenvalue weighted by Crippen LogP contribution is 2.18. The van der Waals surface area contributed by atoms with E-state index in [1.165, 1.54) is 0 Å². The number of amides is 1. The van der Waals surface area contributed by atoms with E-state index in [1.807, 2.05) is 44.2 Å². The predicted octanol–water partition coefficient (Wildman–Crippen LogP) is 2.86. The van der Waals surface area contributed by atoms with Gasteiger partial charge >= 0.3 is 0 Å². The first-order chi connectivity index (χ1) is 9.67. The van der Waals surface area contributed by atoms with Crippen LogP contribution in [-0.4, -0.2) is 28.9 Å². The van der Waals surface area contributed by atoms with Gasteiger partial charge < -0.3 is 4.90 Å². The third-order valence-corrected chi connectivity index (χ3v) is 3.26. The monoisotopic (exact) mass is 267 g/mol. The molecule has 0 radical (unpaired) electrons. The van der Waals surface area contributed by atoms with Gasteiger partial charge in [-0.2, -0.15) is 5.26 Å². The molecule has 2 aromatic rings. The fraction of sp³-hybridized carbons (Fsp3) is 0.312. The Bertz CT molecular complexity index is 655. The molecule has 4 heteroatoms. The van der Waals surface area contributed by atoms with Crippen molar-refractivity contribution < 1.29 is 4.79 Å². The normalized spacial score (nSPS) is 11.8. The van der Waals surface area contributed by atoms with Crippen LogP contribution in [0.2, 0.25) is 0 Å². The van der Waals surface area contributed by atoms with Crippen LogP contribution in [0.1, 0.15) is 24.3 Å². The van der Waals surface area contributed by atoms with Crippen molar-refractivity contribution in [3.05, 3.63) is 42.2 Å². The van der Waals surface area contributed by atoms with Crippen LogP contribution in [0, 0.1) is 17.2 Å². The SMILES string of the molecule is CCN(CC(C)C#N)C(=O)c1nccc2ccccc12.